The molecule has 0 aliphatic rings. The van der Waals surface area contributed by atoms with Crippen molar-refractivity contribution >= 4 is 50.1 Å². The summed E-state index contributed by atoms with van der Waals surface area (Å²) in [6.07, 6.45) is 2.90. The Morgan fingerprint density at radius 1 is 1.13 bits per heavy atom. The molecular formula is C27H23ClF2N4O4S. The van der Waals surface area contributed by atoms with Crippen LogP contribution >= 0.6 is 11.6 Å². The fourth-order valence-electron chi connectivity index (χ4n) is 3.52. The second-order valence-electron chi connectivity index (χ2n) is 9.03. The molecule has 1 amide bonds. The topological polar surface area (TPSA) is 110 Å². The maximum atomic E-state index is 15.5. The SMILES string of the molecule is C=CC(C)(C)C(=O)Nc1ncc2cc(-c3c(F)ccc(NS(=O)(=O)c4ccc(OC)c(Cl)c4)c3F)ccc2n1. The predicted molar refractivity (Wildman–Crippen MR) is 146 cm³/mol. The number of aromatic nitrogens is 2. The highest BCUT2D eigenvalue weighted by atomic mass is 35.5. The van der Waals surface area contributed by atoms with E-state index < -0.39 is 38.3 Å². The van der Waals surface area contributed by atoms with Crippen molar-refractivity contribution in [1.82, 2.24) is 9.97 Å². The number of nitrogens with one attached hydrogen (secondary N) is 2. The van der Waals surface area contributed by atoms with E-state index in [-0.39, 0.29) is 33.1 Å². The van der Waals surface area contributed by atoms with Crippen LogP contribution in [0.2, 0.25) is 5.02 Å². The Morgan fingerprint density at radius 3 is 2.54 bits per heavy atom. The number of rotatable bonds is 8. The summed E-state index contributed by atoms with van der Waals surface area (Å²) in [4.78, 5) is 20.5. The van der Waals surface area contributed by atoms with Gasteiger partial charge in [-0.2, -0.15) is 0 Å². The molecule has 2 N–H and O–H groups in total. The van der Waals surface area contributed by atoms with E-state index >= 15 is 4.39 Å². The van der Waals surface area contributed by atoms with Gasteiger partial charge >= 0.3 is 0 Å². The monoisotopic (exact) mass is 572 g/mol. The van der Waals surface area contributed by atoms with Crippen LogP contribution in [0.3, 0.4) is 0 Å². The zero-order valence-electron chi connectivity index (χ0n) is 21.1. The first-order valence-electron chi connectivity index (χ1n) is 11.4. The number of carbonyl (C=O) groups excluding carboxylic acids is 1. The second-order valence-corrected chi connectivity index (χ2v) is 11.1. The smallest absolute Gasteiger partial charge is 0.262 e. The Bertz CT molecular complexity index is 1730. The molecule has 1 aromatic heterocycles. The Balaban J connectivity index is 1.67. The molecule has 0 saturated carbocycles. The van der Waals surface area contributed by atoms with E-state index in [0.717, 1.165) is 18.2 Å². The number of hydrogen-bond donors (Lipinski definition) is 2. The van der Waals surface area contributed by atoms with Crippen LogP contribution < -0.4 is 14.8 Å². The molecule has 0 saturated heterocycles. The second kappa shape index (κ2) is 10.6. The minimum atomic E-state index is -4.27. The minimum absolute atomic E-state index is 0.0474. The van der Waals surface area contributed by atoms with E-state index in [9.17, 15) is 17.6 Å². The van der Waals surface area contributed by atoms with E-state index in [2.05, 4.69) is 26.6 Å². The first-order chi connectivity index (χ1) is 18.4. The molecule has 12 heteroatoms. The zero-order valence-corrected chi connectivity index (χ0v) is 22.6. The van der Waals surface area contributed by atoms with Gasteiger partial charge in [0.15, 0.2) is 5.82 Å². The number of benzene rings is 3. The number of sulfonamides is 1. The van der Waals surface area contributed by atoms with Crippen molar-refractivity contribution in [2.45, 2.75) is 18.7 Å². The quantitative estimate of drug-likeness (QED) is 0.244. The summed E-state index contributed by atoms with van der Waals surface area (Å²) in [5.41, 5.74) is -1.22. The van der Waals surface area contributed by atoms with Gasteiger partial charge < -0.3 is 4.74 Å². The minimum Gasteiger partial charge on any atom is -0.495 e. The van der Waals surface area contributed by atoms with Gasteiger partial charge in [-0.1, -0.05) is 23.7 Å². The van der Waals surface area contributed by atoms with Crippen LogP contribution in [0.15, 0.2) is 72.3 Å². The Hall–Kier alpha value is -4.09. The average molecular weight is 573 g/mol. The summed E-state index contributed by atoms with van der Waals surface area (Å²) in [7, 11) is -2.89. The van der Waals surface area contributed by atoms with Gasteiger partial charge in [-0.15, -0.1) is 6.58 Å². The highest BCUT2D eigenvalue weighted by Gasteiger charge is 2.25. The number of halogens is 3. The lowest BCUT2D eigenvalue weighted by molar-refractivity contribution is -0.121. The lowest BCUT2D eigenvalue weighted by atomic mass is 9.93. The number of hydrogen-bond acceptors (Lipinski definition) is 6. The summed E-state index contributed by atoms with van der Waals surface area (Å²) in [5.74, 6) is -2.05. The first-order valence-corrected chi connectivity index (χ1v) is 13.3. The van der Waals surface area contributed by atoms with Crippen LogP contribution in [0.5, 0.6) is 5.75 Å². The number of carbonyl (C=O) groups is 1. The van der Waals surface area contributed by atoms with Gasteiger partial charge in [0.25, 0.3) is 10.0 Å². The molecule has 202 valence electrons. The first kappa shape index (κ1) is 27.9. The fraction of sp³-hybridized carbons (Fsp3) is 0.148. The number of amides is 1. The molecule has 0 unspecified atom stereocenters. The number of methoxy groups -OCH3 is 1. The van der Waals surface area contributed by atoms with Crippen molar-refractivity contribution in [3.63, 3.8) is 0 Å². The lowest BCUT2D eigenvalue weighted by Crippen LogP contribution is -2.29. The molecule has 0 spiro atoms. The molecule has 0 aliphatic heterocycles. The molecule has 4 aromatic rings. The average Bonchev–Trinajstić information content (AvgIpc) is 2.90. The third-order valence-electron chi connectivity index (χ3n) is 5.96. The summed E-state index contributed by atoms with van der Waals surface area (Å²) in [6.45, 7) is 7.01. The summed E-state index contributed by atoms with van der Waals surface area (Å²) >= 11 is 6.03. The maximum absolute atomic E-state index is 15.5. The van der Waals surface area contributed by atoms with Crippen LogP contribution in [0.4, 0.5) is 20.4 Å². The summed E-state index contributed by atoms with van der Waals surface area (Å²) in [6, 6.07) is 10.1. The van der Waals surface area contributed by atoms with Crippen LogP contribution in [0.25, 0.3) is 22.0 Å². The number of ether oxygens (including phenoxy) is 1. The summed E-state index contributed by atoms with van der Waals surface area (Å²) in [5, 5.41) is 3.09. The van der Waals surface area contributed by atoms with Gasteiger partial charge in [0.05, 0.1) is 39.2 Å². The predicted octanol–water partition coefficient (Wildman–Crippen LogP) is 6.19. The highest BCUT2D eigenvalue weighted by Crippen LogP contribution is 2.34. The molecule has 4 rings (SSSR count). The molecule has 0 atom stereocenters. The van der Waals surface area contributed by atoms with Crippen molar-refractivity contribution in [3.8, 4) is 16.9 Å². The molecule has 39 heavy (non-hydrogen) atoms. The lowest BCUT2D eigenvalue weighted by Gasteiger charge is -2.18. The number of anilines is 2. The van der Waals surface area contributed by atoms with Crippen molar-refractivity contribution in [3.05, 3.63) is 84.0 Å². The normalized spacial score (nSPS) is 11.7. The van der Waals surface area contributed by atoms with Crippen LogP contribution in [-0.2, 0) is 14.8 Å². The van der Waals surface area contributed by atoms with Crippen molar-refractivity contribution in [1.29, 1.82) is 0 Å². The molecular weight excluding hydrogens is 550 g/mol. The third-order valence-corrected chi connectivity index (χ3v) is 7.62. The molecule has 0 bridgehead atoms. The standard InChI is InChI=1S/C27H23ClF2N4O4S/c1-5-27(2,3)25(35)33-26-31-14-16-12-15(6-9-20(16)32-26)23-19(29)8-10-21(24(23)30)34-39(36,37)17-7-11-22(38-4)18(28)13-17/h5-14,34H,1H2,2-4H3,(H,31,32,33,35). The van der Waals surface area contributed by atoms with E-state index in [1.807, 2.05) is 0 Å². The van der Waals surface area contributed by atoms with Gasteiger partial charge in [-0.3, -0.25) is 14.8 Å². The van der Waals surface area contributed by atoms with E-state index in [1.165, 1.54) is 49.7 Å². The van der Waals surface area contributed by atoms with Crippen LogP contribution in [0, 0.1) is 17.0 Å². The fourth-order valence-corrected chi connectivity index (χ4v) is 4.93. The van der Waals surface area contributed by atoms with Crippen molar-refractivity contribution in [2.75, 3.05) is 17.1 Å². The molecule has 1 heterocycles. The van der Waals surface area contributed by atoms with Crippen molar-refractivity contribution in [2.24, 2.45) is 5.41 Å². The summed E-state index contributed by atoms with van der Waals surface area (Å²) < 4.78 is 63.3. The molecule has 3 aromatic carbocycles. The van der Waals surface area contributed by atoms with Crippen molar-refractivity contribution < 1.29 is 26.7 Å². The van der Waals surface area contributed by atoms with Crippen LogP contribution in [0.1, 0.15) is 13.8 Å². The number of fused-ring (bicyclic) bond motifs is 1. The Labute approximate surface area is 228 Å². The van der Waals surface area contributed by atoms with Gasteiger partial charge in [-0.05, 0) is 61.9 Å². The van der Waals surface area contributed by atoms with Gasteiger partial charge in [0, 0.05) is 11.6 Å². The Kier molecular flexibility index (Phi) is 7.58. The van der Waals surface area contributed by atoms with Gasteiger partial charge in [0.2, 0.25) is 11.9 Å². The van der Waals surface area contributed by atoms with Gasteiger partial charge in [-0.25, -0.2) is 27.2 Å². The Morgan fingerprint density at radius 2 is 1.87 bits per heavy atom. The molecule has 8 nitrogen and oxygen atoms in total. The maximum Gasteiger partial charge on any atom is 0.262 e. The highest BCUT2D eigenvalue weighted by molar-refractivity contribution is 7.92. The van der Waals surface area contributed by atoms with E-state index in [4.69, 9.17) is 16.3 Å². The zero-order chi connectivity index (χ0) is 28.5. The molecule has 0 fully saturated rings. The molecule has 0 aliphatic carbocycles. The van der Waals surface area contributed by atoms with Crippen LogP contribution in [-0.4, -0.2) is 31.4 Å². The third kappa shape index (κ3) is 5.69. The van der Waals surface area contributed by atoms with Gasteiger partial charge in [0.1, 0.15) is 11.6 Å². The number of nitrogens with zero attached hydrogens (tertiary/aromatic N) is 2. The largest absolute Gasteiger partial charge is 0.495 e. The van der Waals surface area contributed by atoms with E-state index in [1.54, 1.807) is 13.8 Å². The molecule has 0 radical (unpaired) electrons. The van der Waals surface area contributed by atoms with E-state index in [0.29, 0.717) is 10.9 Å².